The number of benzene rings is 1. The highest BCUT2D eigenvalue weighted by Gasteiger charge is 2.20. The van der Waals surface area contributed by atoms with Gasteiger partial charge in [-0.3, -0.25) is 4.79 Å². The van der Waals surface area contributed by atoms with Crippen molar-refractivity contribution in [3.8, 4) is 11.5 Å². The molecule has 1 aliphatic heterocycles. The van der Waals surface area contributed by atoms with E-state index in [1.165, 1.54) is 0 Å². The Morgan fingerprint density at radius 3 is 2.45 bits per heavy atom. The highest BCUT2D eigenvalue weighted by atomic mass is 35.5. The first-order valence-electron chi connectivity index (χ1n) is 7.38. The van der Waals surface area contributed by atoms with Gasteiger partial charge < -0.3 is 20.1 Å². The molecular formula is C16H25ClN2O3. The van der Waals surface area contributed by atoms with Crippen LogP contribution in [0.2, 0.25) is 0 Å². The molecule has 5 nitrogen and oxygen atoms in total. The first-order chi connectivity index (χ1) is 10.1. The van der Waals surface area contributed by atoms with Crippen molar-refractivity contribution in [3.63, 3.8) is 0 Å². The van der Waals surface area contributed by atoms with Gasteiger partial charge in [0.2, 0.25) is 5.91 Å². The van der Waals surface area contributed by atoms with Gasteiger partial charge in [0.15, 0.2) is 11.5 Å². The van der Waals surface area contributed by atoms with E-state index in [-0.39, 0.29) is 24.4 Å². The summed E-state index contributed by atoms with van der Waals surface area (Å²) in [6.07, 6.45) is 3.04. The maximum atomic E-state index is 12.2. The maximum absolute atomic E-state index is 12.2. The number of halogens is 1. The van der Waals surface area contributed by atoms with Crippen molar-refractivity contribution in [2.75, 3.05) is 27.3 Å². The highest BCUT2D eigenvalue weighted by Crippen LogP contribution is 2.28. The summed E-state index contributed by atoms with van der Waals surface area (Å²) in [5, 5.41) is 0. The van der Waals surface area contributed by atoms with Gasteiger partial charge >= 0.3 is 0 Å². The zero-order valence-corrected chi connectivity index (χ0v) is 14.0. The Bertz CT molecular complexity index is 488. The number of likely N-dealkylation sites (tertiary alicyclic amines) is 1. The van der Waals surface area contributed by atoms with Crippen molar-refractivity contribution in [1.29, 1.82) is 0 Å². The molecule has 1 saturated heterocycles. The minimum Gasteiger partial charge on any atom is -0.493 e. The van der Waals surface area contributed by atoms with Crippen LogP contribution in [0.1, 0.15) is 24.8 Å². The second-order valence-electron chi connectivity index (χ2n) is 5.41. The third kappa shape index (κ3) is 4.78. The number of hydrogen-bond donors (Lipinski definition) is 1. The van der Waals surface area contributed by atoms with Gasteiger partial charge in [-0.1, -0.05) is 6.07 Å². The molecule has 0 radical (unpaired) electrons. The third-order valence-electron chi connectivity index (χ3n) is 3.97. The SMILES string of the molecule is COc1ccc(CCC(=O)N2CCC(N)CC2)cc1OC.Cl. The van der Waals surface area contributed by atoms with Crippen molar-refractivity contribution in [2.45, 2.75) is 31.7 Å². The Kier molecular flexibility index (Phi) is 7.48. The van der Waals surface area contributed by atoms with E-state index in [4.69, 9.17) is 15.2 Å². The van der Waals surface area contributed by atoms with E-state index in [1.54, 1.807) is 14.2 Å². The summed E-state index contributed by atoms with van der Waals surface area (Å²) in [6, 6.07) is 6.03. The van der Waals surface area contributed by atoms with Crippen LogP contribution in [0.3, 0.4) is 0 Å². The van der Waals surface area contributed by atoms with Crippen LogP contribution >= 0.6 is 12.4 Å². The van der Waals surface area contributed by atoms with E-state index < -0.39 is 0 Å². The Morgan fingerprint density at radius 1 is 1.23 bits per heavy atom. The van der Waals surface area contributed by atoms with E-state index >= 15 is 0 Å². The van der Waals surface area contributed by atoms with Gasteiger partial charge in [-0.2, -0.15) is 0 Å². The zero-order valence-electron chi connectivity index (χ0n) is 13.2. The lowest BCUT2D eigenvalue weighted by Gasteiger charge is -2.30. The smallest absolute Gasteiger partial charge is 0.222 e. The number of ether oxygens (including phenoxy) is 2. The van der Waals surface area contributed by atoms with Crippen molar-refractivity contribution in [2.24, 2.45) is 5.73 Å². The Labute approximate surface area is 138 Å². The molecule has 22 heavy (non-hydrogen) atoms. The predicted molar refractivity (Wildman–Crippen MR) is 88.9 cm³/mol. The monoisotopic (exact) mass is 328 g/mol. The predicted octanol–water partition coefficient (Wildman–Crippen LogP) is 2.01. The lowest BCUT2D eigenvalue weighted by atomic mass is 10.0. The third-order valence-corrected chi connectivity index (χ3v) is 3.97. The fourth-order valence-corrected chi connectivity index (χ4v) is 2.59. The van der Waals surface area contributed by atoms with Crippen molar-refractivity contribution in [1.82, 2.24) is 4.90 Å². The molecule has 6 heteroatoms. The van der Waals surface area contributed by atoms with Crippen LogP contribution in [0.15, 0.2) is 18.2 Å². The molecule has 2 rings (SSSR count). The number of piperidine rings is 1. The van der Waals surface area contributed by atoms with Crippen LogP contribution in [0.4, 0.5) is 0 Å². The Balaban J connectivity index is 0.00000242. The molecule has 1 fully saturated rings. The molecule has 0 bridgehead atoms. The van der Waals surface area contributed by atoms with Gasteiger partial charge in [0.25, 0.3) is 0 Å². The van der Waals surface area contributed by atoms with Gasteiger partial charge in [0, 0.05) is 25.6 Å². The molecular weight excluding hydrogens is 304 g/mol. The number of methoxy groups -OCH3 is 2. The lowest BCUT2D eigenvalue weighted by molar-refractivity contribution is -0.132. The van der Waals surface area contributed by atoms with Gasteiger partial charge in [0.05, 0.1) is 14.2 Å². The van der Waals surface area contributed by atoms with Gasteiger partial charge in [-0.15, -0.1) is 12.4 Å². The standard InChI is InChI=1S/C16H24N2O3.ClH/c1-20-14-5-3-12(11-15(14)21-2)4-6-16(19)18-9-7-13(17)8-10-18;/h3,5,11,13H,4,6-10,17H2,1-2H3;1H. The summed E-state index contributed by atoms with van der Waals surface area (Å²) in [6.45, 7) is 1.57. The number of hydrogen-bond acceptors (Lipinski definition) is 4. The Morgan fingerprint density at radius 2 is 1.86 bits per heavy atom. The number of nitrogens with zero attached hydrogens (tertiary/aromatic N) is 1. The molecule has 0 aliphatic carbocycles. The average molecular weight is 329 g/mol. The maximum Gasteiger partial charge on any atom is 0.222 e. The minimum atomic E-state index is 0. The normalized spacial score (nSPS) is 15.1. The van der Waals surface area contributed by atoms with Crippen LogP contribution in [-0.4, -0.2) is 44.2 Å². The molecule has 0 aromatic heterocycles. The number of amides is 1. The number of carbonyl (C=O) groups is 1. The molecule has 124 valence electrons. The summed E-state index contributed by atoms with van der Waals surface area (Å²) in [5.41, 5.74) is 6.94. The number of carbonyl (C=O) groups excluding carboxylic acids is 1. The fourth-order valence-electron chi connectivity index (χ4n) is 2.59. The second-order valence-corrected chi connectivity index (χ2v) is 5.41. The van der Waals surface area contributed by atoms with E-state index in [1.807, 2.05) is 23.1 Å². The zero-order chi connectivity index (χ0) is 15.2. The highest BCUT2D eigenvalue weighted by molar-refractivity contribution is 5.85. The van der Waals surface area contributed by atoms with Crippen LogP contribution in [0, 0.1) is 0 Å². The van der Waals surface area contributed by atoms with Gasteiger partial charge in [-0.05, 0) is 37.0 Å². The summed E-state index contributed by atoms with van der Waals surface area (Å²) >= 11 is 0. The van der Waals surface area contributed by atoms with Crippen molar-refractivity contribution >= 4 is 18.3 Å². The summed E-state index contributed by atoms with van der Waals surface area (Å²) in [7, 11) is 3.23. The first-order valence-corrected chi connectivity index (χ1v) is 7.38. The summed E-state index contributed by atoms with van der Waals surface area (Å²) in [4.78, 5) is 14.1. The summed E-state index contributed by atoms with van der Waals surface area (Å²) in [5.74, 6) is 1.61. The lowest BCUT2D eigenvalue weighted by Crippen LogP contribution is -2.42. The van der Waals surface area contributed by atoms with Crippen LogP contribution < -0.4 is 15.2 Å². The van der Waals surface area contributed by atoms with Crippen LogP contribution in [-0.2, 0) is 11.2 Å². The number of rotatable bonds is 5. The topological polar surface area (TPSA) is 64.8 Å². The molecule has 1 amide bonds. The Hall–Kier alpha value is -1.46. The van der Waals surface area contributed by atoms with Crippen molar-refractivity contribution < 1.29 is 14.3 Å². The molecule has 0 atom stereocenters. The molecule has 2 N–H and O–H groups in total. The number of aryl methyl sites for hydroxylation is 1. The summed E-state index contributed by atoms with van der Waals surface area (Å²) < 4.78 is 10.5. The second kappa shape index (κ2) is 8.86. The molecule has 0 unspecified atom stereocenters. The van der Waals surface area contributed by atoms with Crippen LogP contribution in [0.5, 0.6) is 11.5 Å². The molecule has 0 spiro atoms. The quantitative estimate of drug-likeness (QED) is 0.898. The molecule has 0 saturated carbocycles. The van der Waals surface area contributed by atoms with Gasteiger partial charge in [-0.25, -0.2) is 0 Å². The average Bonchev–Trinajstić information content (AvgIpc) is 2.52. The van der Waals surface area contributed by atoms with E-state index in [0.717, 1.165) is 31.5 Å². The largest absolute Gasteiger partial charge is 0.493 e. The fraction of sp³-hybridized carbons (Fsp3) is 0.562. The molecule has 1 aliphatic rings. The van der Waals surface area contributed by atoms with Crippen LogP contribution in [0.25, 0.3) is 0 Å². The van der Waals surface area contributed by atoms with E-state index in [9.17, 15) is 4.79 Å². The number of nitrogens with two attached hydrogens (primary N) is 1. The molecule has 1 heterocycles. The van der Waals surface area contributed by atoms with E-state index in [2.05, 4.69) is 0 Å². The molecule has 1 aromatic carbocycles. The molecule has 1 aromatic rings. The first kappa shape index (κ1) is 18.6. The minimum absolute atomic E-state index is 0. The van der Waals surface area contributed by atoms with Gasteiger partial charge in [0.1, 0.15) is 0 Å². The van der Waals surface area contributed by atoms with Crippen molar-refractivity contribution in [3.05, 3.63) is 23.8 Å². The van der Waals surface area contributed by atoms with E-state index in [0.29, 0.717) is 24.3 Å².